The third-order valence-corrected chi connectivity index (χ3v) is 6.12. The molecule has 1 aromatic heterocycles. The number of carbonyl (C=O) groups is 1. The van der Waals surface area contributed by atoms with Crippen LogP contribution < -0.4 is 0 Å². The molecule has 0 saturated carbocycles. The fraction of sp³-hybridized carbons (Fsp3) is 0.529. The zero-order valence-electron chi connectivity index (χ0n) is 15.8. The molecule has 148 valence electrons. The van der Waals surface area contributed by atoms with E-state index in [9.17, 15) is 13.2 Å². The molecular formula is C17H25N5O4S. The Morgan fingerprint density at radius 1 is 1.22 bits per heavy atom. The normalized spacial score (nSPS) is 11.7. The maximum atomic E-state index is 12.6. The molecule has 0 fully saturated rings. The summed E-state index contributed by atoms with van der Waals surface area (Å²) in [6.45, 7) is 6.87. The summed E-state index contributed by atoms with van der Waals surface area (Å²) in [5.41, 5.74) is 0.163. The van der Waals surface area contributed by atoms with Crippen LogP contribution in [0.2, 0.25) is 0 Å². The van der Waals surface area contributed by atoms with E-state index in [4.69, 9.17) is 4.74 Å². The van der Waals surface area contributed by atoms with Gasteiger partial charge < -0.3 is 4.74 Å². The van der Waals surface area contributed by atoms with E-state index in [1.807, 2.05) is 0 Å². The predicted molar refractivity (Wildman–Crippen MR) is 98.4 cm³/mol. The summed E-state index contributed by atoms with van der Waals surface area (Å²) in [7, 11) is -3.64. The number of tetrazole rings is 1. The summed E-state index contributed by atoms with van der Waals surface area (Å²) in [4.78, 5) is 12.4. The molecule has 27 heavy (non-hydrogen) atoms. The van der Waals surface area contributed by atoms with Gasteiger partial charge in [-0.3, -0.25) is 0 Å². The second kappa shape index (κ2) is 9.56. The zero-order valence-corrected chi connectivity index (χ0v) is 16.6. The molecule has 0 unspecified atom stereocenters. The van der Waals surface area contributed by atoms with E-state index in [-0.39, 0.29) is 17.1 Å². The second-order valence-corrected chi connectivity index (χ2v) is 7.80. The lowest BCUT2D eigenvalue weighted by atomic mass is 10.2. The van der Waals surface area contributed by atoms with E-state index in [0.29, 0.717) is 25.5 Å². The average Bonchev–Trinajstić information content (AvgIpc) is 3.12. The van der Waals surface area contributed by atoms with Crippen molar-refractivity contribution in [1.29, 1.82) is 0 Å². The van der Waals surface area contributed by atoms with Crippen molar-refractivity contribution in [2.75, 3.05) is 13.1 Å². The van der Waals surface area contributed by atoms with Gasteiger partial charge >= 0.3 is 5.97 Å². The SMILES string of the molecule is CCCCn1nnnc1COC(=O)c1cccc(S(=O)(=O)N(CC)CC)c1. The standard InChI is InChI=1S/C17H25N5O4S/c1-4-7-11-22-16(18-19-20-22)13-26-17(23)14-9-8-10-15(12-14)27(24,25)21(5-2)6-3/h8-10,12H,4-7,11,13H2,1-3H3. The molecule has 0 saturated heterocycles. The topological polar surface area (TPSA) is 107 Å². The van der Waals surface area contributed by atoms with Crippen molar-refractivity contribution >= 4 is 16.0 Å². The molecule has 0 radical (unpaired) electrons. The number of aryl methyl sites for hydroxylation is 1. The molecule has 0 aliphatic heterocycles. The highest BCUT2D eigenvalue weighted by atomic mass is 32.2. The van der Waals surface area contributed by atoms with Crippen LogP contribution in [0.25, 0.3) is 0 Å². The molecule has 0 bridgehead atoms. The van der Waals surface area contributed by atoms with Crippen LogP contribution in [0.1, 0.15) is 49.8 Å². The largest absolute Gasteiger partial charge is 0.454 e. The molecule has 9 nitrogen and oxygen atoms in total. The van der Waals surface area contributed by atoms with Gasteiger partial charge in [-0.05, 0) is 35.0 Å². The van der Waals surface area contributed by atoms with Crippen LogP contribution >= 0.6 is 0 Å². The van der Waals surface area contributed by atoms with Crippen molar-refractivity contribution in [3.63, 3.8) is 0 Å². The molecule has 0 aliphatic rings. The first kappa shape index (κ1) is 21.0. The molecule has 10 heteroatoms. The van der Waals surface area contributed by atoms with Gasteiger partial charge in [-0.2, -0.15) is 4.31 Å². The minimum Gasteiger partial charge on any atom is -0.454 e. The van der Waals surface area contributed by atoms with Gasteiger partial charge in [0.1, 0.15) is 0 Å². The van der Waals surface area contributed by atoms with E-state index in [0.717, 1.165) is 12.8 Å². The maximum Gasteiger partial charge on any atom is 0.338 e. The summed E-state index contributed by atoms with van der Waals surface area (Å²) >= 11 is 0. The average molecular weight is 395 g/mol. The molecule has 1 aromatic carbocycles. The molecule has 1 heterocycles. The van der Waals surface area contributed by atoms with Gasteiger partial charge in [0.05, 0.1) is 10.5 Å². The molecule has 0 atom stereocenters. The lowest BCUT2D eigenvalue weighted by Gasteiger charge is -2.18. The number of sulfonamides is 1. The smallest absolute Gasteiger partial charge is 0.338 e. The zero-order chi connectivity index (χ0) is 19.9. The first-order valence-electron chi connectivity index (χ1n) is 8.96. The van der Waals surface area contributed by atoms with Crippen LogP contribution in [-0.2, 0) is 27.9 Å². The Morgan fingerprint density at radius 3 is 2.63 bits per heavy atom. The Labute approximate surface area is 159 Å². The Kier molecular flexibility index (Phi) is 7.43. The minimum absolute atomic E-state index is 0.0634. The number of esters is 1. The molecule has 2 aromatic rings. The van der Waals surface area contributed by atoms with Crippen molar-refractivity contribution in [1.82, 2.24) is 24.5 Å². The van der Waals surface area contributed by atoms with E-state index >= 15 is 0 Å². The molecule has 0 aliphatic carbocycles. The fourth-order valence-electron chi connectivity index (χ4n) is 2.52. The summed E-state index contributed by atoms with van der Waals surface area (Å²) in [5.74, 6) is -0.180. The van der Waals surface area contributed by atoms with Crippen molar-refractivity contribution in [2.24, 2.45) is 0 Å². The first-order valence-corrected chi connectivity index (χ1v) is 10.4. The van der Waals surface area contributed by atoms with E-state index in [1.165, 1.54) is 28.6 Å². The number of carbonyl (C=O) groups excluding carboxylic acids is 1. The molecule has 0 N–H and O–H groups in total. The molecular weight excluding hydrogens is 370 g/mol. The summed E-state index contributed by atoms with van der Waals surface area (Å²) in [6.07, 6.45) is 1.91. The number of rotatable bonds is 10. The van der Waals surface area contributed by atoms with Gasteiger partial charge in [-0.15, -0.1) is 5.10 Å². The Bertz CT molecular complexity index is 862. The monoisotopic (exact) mass is 395 g/mol. The summed E-state index contributed by atoms with van der Waals surface area (Å²) in [6, 6.07) is 5.84. The van der Waals surface area contributed by atoms with Gasteiger partial charge in [-0.25, -0.2) is 17.9 Å². The highest BCUT2D eigenvalue weighted by Crippen LogP contribution is 2.17. The summed E-state index contributed by atoms with van der Waals surface area (Å²) in [5, 5.41) is 11.3. The van der Waals surface area contributed by atoms with Gasteiger partial charge in [0.2, 0.25) is 10.0 Å². The molecule has 2 rings (SSSR count). The number of hydrogen-bond donors (Lipinski definition) is 0. The third kappa shape index (κ3) is 5.10. The highest BCUT2D eigenvalue weighted by Gasteiger charge is 2.23. The van der Waals surface area contributed by atoms with E-state index < -0.39 is 16.0 Å². The highest BCUT2D eigenvalue weighted by molar-refractivity contribution is 7.89. The Balaban J connectivity index is 2.11. The number of benzene rings is 1. The van der Waals surface area contributed by atoms with E-state index in [2.05, 4.69) is 22.4 Å². The lowest BCUT2D eigenvalue weighted by molar-refractivity contribution is 0.0456. The van der Waals surface area contributed by atoms with Crippen LogP contribution in [0.15, 0.2) is 29.2 Å². The van der Waals surface area contributed by atoms with Crippen LogP contribution in [0, 0.1) is 0 Å². The lowest BCUT2D eigenvalue weighted by Crippen LogP contribution is -2.30. The Hall–Kier alpha value is -2.33. The third-order valence-electron chi connectivity index (χ3n) is 4.07. The number of ether oxygens (including phenoxy) is 1. The minimum atomic E-state index is -3.64. The van der Waals surface area contributed by atoms with Crippen LogP contribution in [0.4, 0.5) is 0 Å². The second-order valence-electron chi connectivity index (χ2n) is 5.87. The van der Waals surface area contributed by atoms with Crippen molar-refractivity contribution < 1.29 is 17.9 Å². The van der Waals surface area contributed by atoms with Crippen molar-refractivity contribution in [2.45, 2.75) is 51.7 Å². The van der Waals surface area contributed by atoms with Crippen LogP contribution in [0.3, 0.4) is 0 Å². The van der Waals surface area contributed by atoms with Crippen molar-refractivity contribution in [3.05, 3.63) is 35.7 Å². The number of nitrogens with zero attached hydrogens (tertiary/aromatic N) is 5. The Morgan fingerprint density at radius 2 is 1.96 bits per heavy atom. The predicted octanol–water partition coefficient (Wildman–Crippen LogP) is 1.86. The number of unbranched alkanes of at least 4 members (excludes halogenated alkanes) is 1. The van der Waals surface area contributed by atoms with Gasteiger partial charge in [0.25, 0.3) is 0 Å². The summed E-state index contributed by atoms with van der Waals surface area (Å²) < 4.78 is 33.4. The van der Waals surface area contributed by atoms with Gasteiger partial charge in [0.15, 0.2) is 12.4 Å². The van der Waals surface area contributed by atoms with Gasteiger partial charge in [-0.1, -0.05) is 33.3 Å². The number of hydrogen-bond acceptors (Lipinski definition) is 7. The van der Waals surface area contributed by atoms with Crippen LogP contribution in [-0.4, -0.2) is 52.0 Å². The maximum absolute atomic E-state index is 12.6. The van der Waals surface area contributed by atoms with Gasteiger partial charge in [0, 0.05) is 19.6 Å². The van der Waals surface area contributed by atoms with Crippen molar-refractivity contribution in [3.8, 4) is 0 Å². The van der Waals surface area contributed by atoms with Crippen LogP contribution in [0.5, 0.6) is 0 Å². The number of aromatic nitrogens is 4. The van der Waals surface area contributed by atoms with E-state index in [1.54, 1.807) is 18.5 Å². The molecule has 0 spiro atoms. The molecule has 0 amide bonds. The first-order chi connectivity index (χ1) is 12.9. The fourth-order valence-corrected chi connectivity index (χ4v) is 4.02. The quantitative estimate of drug-likeness (QED) is 0.565.